The lowest BCUT2D eigenvalue weighted by Gasteiger charge is -2.09. The first kappa shape index (κ1) is 12.2. The van der Waals surface area contributed by atoms with E-state index in [1.54, 1.807) is 6.07 Å². The molecular weight excluding hydrogens is 212 g/mol. The Morgan fingerprint density at radius 3 is 2.33 bits per heavy atom. The van der Waals surface area contributed by atoms with Crippen LogP contribution in [0.3, 0.4) is 0 Å². The predicted molar refractivity (Wildman–Crippen MR) is 63.0 cm³/mol. The molecule has 0 radical (unpaired) electrons. The van der Waals surface area contributed by atoms with Crippen molar-refractivity contribution in [2.24, 2.45) is 0 Å². The average molecular weight is 229 g/mol. The lowest BCUT2D eigenvalue weighted by atomic mass is 10.3. The van der Waals surface area contributed by atoms with Gasteiger partial charge < -0.3 is 9.47 Å². The molecule has 1 rings (SSSR count). The van der Waals surface area contributed by atoms with Crippen LogP contribution in [0.15, 0.2) is 18.2 Å². The van der Waals surface area contributed by atoms with Crippen molar-refractivity contribution in [3.63, 3.8) is 0 Å². The summed E-state index contributed by atoms with van der Waals surface area (Å²) in [6, 6.07) is 5.53. The second kappa shape index (κ2) is 6.57. The molecule has 0 bridgehead atoms. The van der Waals surface area contributed by atoms with Gasteiger partial charge in [-0.15, -0.1) is 0 Å². The van der Waals surface area contributed by atoms with Gasteiger partial charge in [-0.05, 0) is 25.0 Å². The number of benzene rings is 1. The summed E-state index contributed by atoms with van der Waals surface area (Å²) >= 11 is 6.04. The molecule has 1 aromatic rings. The van der Waals surface area contributed by atoms with Crippen LogP contribution in [0.2, 0.25) is 5.02 Å². The second-order valence-corrected chi connectivity index (χ2v) is 3.70. The molecule has 3 heteroatoms. The zero-order valence-corrected chi connectivity index (χ0v) is 10.0. The van der Waals surface area contributed by atoms with Gasteiger partial charge >= 0.3 is 0 Å². The van der Waals surface area contributed by atoms with Gasteiger partial charge in [0, 0.05) is 6.07 Å². The molecule has 0 N–H and O–H groups in total. The Bertz CT molecular complexity index is 300. The van der Waals surface area contributed by atoms with Crippen molar-refractivity contribution < 1.29 is 9.47 Å². The van der Waals surface area contributed by atoms with E-state index in [2.05, 4.69) is 13.8 Å². The molecule has 0 unspecified atom stereocenters. The van der Waals surface area contributed by atoms with Crippen LogP contribution in [0.5, 0.6) is 11.5 Å². The fraction of sp³-hybridized carbons (Fsp3) is 0.500. The summed E-state index contributed by atoms with van der Waals surface area (Å²) in [5.41, 5.74) is 0. The van der Waals surface area contributed by atoms with E-state index in [4.69, 9.17) is 21.1 Å². The topological polar surface area (TPSA) is 18.5 Å². The Morgan fingerprint density at radius 1 is 1.07 bits per heavy atom. The van der Waals surface area contributed by atoms with Gasteiger partial charge in [-0.2, -0.15) is 0 Å². The van der Waals surface area contributed by atoms with Gasteiger partial charge in [0.2, 0.25) is 0 Å². The van der Waals surface area contributed by atoms with Crippen molar-refractivity contribution in [3.05, 3.63) is 23.2 Å². The van der Waals surface area contributed by atoms with Crippen LogP contribution < -0.4 is 9.47 Å². The molecule has 0 aliphatic carbocycles. The van der Waals surface area contributed by atoms with E-state index >= 15 is 0 Å². The Labute approximate surface area is 96.2 Å². The standard InChI is InChI=1S/C12H17ClO2/c1-3-7-14-10-5-6-12(11(13)9-10)15-8-4-2/h5-6,9H,3-4,7-8H2,1-2H3. The first-order chi connectivity index (χ1) is 7.27. The number of hydrogen-bond donors (Lipinski definition) is 0. The molecule has 1 aromatic carbocycles. The van der Waals surface area contributed by atoms with Crippen LogP contribution >= 0.6 is 11.6 Å². The van der Waals surface area contributed by atoms with Crippen molar-refractivity contribution in [2.75, 3.05) is 13.2 Å². The van der Waals surface area contributed by atoms with Gasteiger partial charge in [-0.25, -0.2) is 0 Å². The van der Waals surface area contributed by atoms with Gasteiger partial charge in [0.05, 0.1) is 18.2 Å². The Kier molecular flexibility index (Phi) is 5.33. The summed E-state index contributed by atoms with van der Waals surface area (Å²) in [7, 11) is 0. The van der Waals surface area contributed by atoms with Crippen molar-refractivity contribution in [1.82, 2.24) is 0 Å². The molecule has 0 saturated heterocycles. The van der Waals surface area contributed by atoms with Crippen LogP contribution in [0, 0.1) is 0 Å². The maximum Gasteiger partial charge on any atom is 0.138 e. The molecule has 2 nitrogen and oxygen atoms in total. The first-order valence-corrected chi connectivity index (χ1v) is 5.70. The predicted octanol–water partition coefficient (Wildman–Crippen LogP) is 3.92. The van der Waals surface area contributed by atoms with Gasteiger partial charge in [0.1, 0.15) is 11.5 Å². The maximum atomic E-state index is 6.04. The number of rotatable bonds is 6. The summed E-state index contributed by atoms with van der Waals surface area (Å²) < 4.78 is 10.9. The third-order valence-corrected chi connectivity index (χ3v) is 2.13. The van der Waals surface area contributed by atoms with Crippen molar-refractivity contribution >= 4 is 11.6 Å². The minimum Gasteiger partial charge on any atom is -0.494 e. The van der Waals surface area contributed by atoms with E-state index in [0.717, 1.165) is 24.3 Å². The highest BCUT2D eigenvalue weighted by Gasteiger charge is 2.03. The molecule has 15 heavy (non-hydrogen) atoms. The SMILES string of the molecule is CCCOc1ccc(OCCC)c(Cl)c1. The summed E-state index contributed by atoms with van der Waals surface area (Å²) in [6.07, 6.45) is 1.97. The summed E-state index contributed by atoms with van der Waals surface area (Å²) in [6.45, 7) is 5.54. The molecule has 0 atom stereocenters. The number of ether oxygens (including phenoxy) is 2. The van der Waals surface area contributed by atoms with Gasteiger partial charge in [0.15, 0.2) is 0 Å². The summed E-state index contributed by atoms with van der Waals surface area (Å²) in [5, 5.41) is 0.608. The number of halogens is 1. The van der Waals surface area contributed by atoms with E-state index in [1.165, 1.54) is 0 Å². The molecule has 0 saturated carbocycles. The van der Waals surface area contributed by atoms with Crippen LogP contribution in [-0.4, -0.2) is 13.2 Å². The molecule has 0 spiro atoms. The number of hydrogen-bond acceptors (Lipinski definition) is 2. The van der Waals surface area contributed by atoms with Crippen LogP contribution in [0.4, 0.5) is 0 Å². The molecule has 0 amide bonds. The third-order valence-electron chi connectivity index (χ3n) is 1.84. The molecular formula is C12H17ClO2. The average Bonchev–Trinajstić information content (AvgIpc) is 2.25. The van der Waals surface area contributed by atoms with Crippen molar-refractivity contribution in [2.45, 2.75) is 26.7 Å². The summed E-state index contributed by atoms with van der Waals surface area (Å²) in [5.74, 6) is 1.52. The highest BCUT2D eigenvalue weighted by Crippen LogP contribution is 2.28. The Balaban J connectivity index is 2.61. The largest absolute Gasteiger partial charge is 0.494 e. The highest BCUT2D eigenvalue weighted by molar-refractivity contribution is 6.32. The van der Waals surface area contributed by atoms with Crippen LogP contribution in [0.1, 0.15) is 26.7 Å². The van der Waals surface area contributed by atoms with E-state index in [-0.39, 0.29) is 0 Å². The zero-order chi connectivity index (χ0) is 11.1. The first-order valence-electron chi connectivity index (χ1n) is 5.33. The molecule has 0 aromatic heterocycles. The van der Waals surface area contributed by atoms with Crippen LogP contribution in [0.25, 0.3) is 0 Å². The normalized spacial score (nSPS) is 10.1. The molecule has 84 valence electrons. The molecule has 0 heterocycles. The summed E-state index contributed by atoms with van der Waals surface area (Å²) in [4.78, 5) is 0. The maximum absolute atomic E-state index is 6.04. The van der Waals surface area contributed by atoms with Gasteiger partial charge in [0.25, 0.3) is 0 Å². The minimum absolute atomic E-state index is 0.608. The molecule has 0 fully saturated rings. The Morgan fingerprint density at radius 2 is 1.73 bits per heavy atom. The van der Waals surface area contributed by atoms with Gasteiger partial charge in [-0.1, -0.05) is 25.4 Å². The van der Waals surface area contributed by atoms with Gasteiger partial charge in [-0.3, -0.25) is 0 Å². The lowest BCUT2D eigenvalue weighted by Crippen LogP contribution is -1.97. The smallest absolute Gasteiger partial charge is 0.138 e. The molecule has 0 aliphatic rings. The third kappa shape index (κ3) is 4.00. The minimum atomic E-state index is 0.608. The fourth-order valence-electron chi connectivity index (χ4n) is 1.12. The van der Waals surface area contributed by atoms with Crippen LogP contribution in [-0.2, 0) is 0 Å². The fourth-order valence-corrected chi connectivity index (χ4v) is 1.35. The second-order valence-electron chi connectivity index (χ2n) is 3.29. The Hall–Kier alpha value is -0.890. The van der Waals surface area contributed by atoms with E-state index < -0.39 is 0 Å². The van der Waals surface area contributed by atoms with E-state index in [0.29, 0.717) is 18.2 Å². The van der Waals surface area contributed by atoms with E-state index in [1.807, 2.05) is 12.1 Å². The lowest BCUT2D eigenvalue weighted by molar-refractivity contribution is 0.309. The zero-order valence-electron chi connectivity index (χ0n) is 9.25. The molecule has 0 aliphatic heterocycles. The monoisotopic (exact) mass is 228 g/mol. The highest BCUT2D eigenvalue weighted by atomic mass is 35.5. The quantitative estimate of drug-likeness (QED) is 0.735. The van der Waals surface area contributed by atoms with Crippen molar-refractivity contribution in [3.8, 4) is 11.5 Å². The van der Waals surface area contributed by atoms with Crippen molar-refractivity contribution in [1.29, 1.82) is 0 Å². The van der Waals surface area contributed by atoms with E-state index in [9.17, 15) is 0 Å².